The van der Waals surface area contributed by atoms with Crippen LogP contribution in [0.2, 0.25) is 0 Å². The van der Waals surface area contributed by atoms with Crippen LogP contribution < -0.4 is 5.73 Å². The Balaban J connectivity index is 2.21. The predicted molar refractivity (Wildman–Crippen MR) is 61.8 cm³/mol. The van der Waals surface area contributed by atoms with Gasteiger partial charge >= 0.3 is 0 Å². The highest BCUT2D eigenvalue weighted by molar-refractivity contribution is 5.20. The standard InChI is InChI=1S/C12H19N3/c1-10-14-11-6-2-3-7-12(11)15(10)9-5-4-8-13/h4-5H,2-3,6-9,13H2,1H3/b5-4+. The van der Waals surface area contributed by atoms with Gasteiger partial charge in [0.15, 0.2) is 0 Å². The first-order valence-corrected chi connectivity index (χ1v) is 5.73. The van der Waals surface area contributed by atoms with Crippen LogP contribution in [0.25, 0.3) is 0 Å². The van der Waals surface area contributed by atoms with Gasteiger partial charge in [-0.3, -0.25) is 0 Å². The molecule has 15 heavy (non-hydrogen) atoms. The minimum Gasteiger partial charge on any atom is -0.328 e. The van der Waals surface area contributed by atoms with Crippen molar-refractivity contribution in [3.63, 3.8) is 0 Å². The first kappa shape index (κ1) is 10.4. The second-order valence-electron chi connectivity index (χ2n) is 4.08. The zero-order valence-electron chi connectivity index (χ0n) is 9.37. The minimum absolute atomic E-state index is 0.621. The van der Waals surface area contributed by atoms with Gasteiger partial charge in [-0.05, 0) is 32.6 Å². The highest BCUT2D eigenvalue weighted by atomic mass is 15.1. The van der Waals surface area contributed by atoms with Crippen molar-refractivity contribution in [3.05, 3.63) is 29.4 Å². The maximum atomic E-state index is 5.43. The maximum absolute atomic E-state index is 5.43. The first-order chi connectivity index (χ1) is 7.33. The van der Waals surface area contributed by atoms with Gasteiger partial charge in [0.2, 0.25) is 0 Å². The van der Waals surface area contributed by atoms with E-state index in [1.165, 1.54) is 30.7 Å². The summed E-state index contributed by atoms with van der Waals surface area (Å²) >= 11 is 0. The van der Waals surface area contributed by atoms with Crippen LogP contribution in [-0.2, 0) is 19.4 Å². The second-order valence-corrected chi connectivity index (χ2v) is 4.08. The smallest absolute Gasteiger partial charge is 0.106 e. The topological polar surface area (TPSA) is 43.8 Å². The molecule has 0 aromatic carbocycles. The van der Waals surface area contributed by atoms with Crippen molar-refractivity contribution < 1.29 is 0 Å². The van der Waals surface area contributed by atoms with Gasteiger partial charge in [-0.15, -0.1) is 0 Å². The van der Waals surface area contributed by atoms with Crippen LogP contribution in [0.3, 0.4) is 0 Å². The quantitative estimate of drug-likeness (QED) is 0.761. The van der Waals surface area contributed by atoms with Crippen molar-refractivity contribution in [1.29, 1.82) is 0 Å². The number of hydrogen-bond donors (Lipinski definition) is 1. The average Bonchev–Trinajstić information content (AvgIpc) is 2.56. The molecular weight excluding hydrogens is 186 g/mol. The Morgan fingerprint density at radius 3 is 2.93 bits per heavy atom. The van der Waals surface area contributed by atoms with Crippen LogP contribution in [-0.4, -0.2) is 16.1 Å². The monoisotopic (exact) mass is 205 g/mol. The zero-order valence-corrected chi connectivity index (χ0v) is 9.37. The third-order valence-electron chi connectivity index (χ3n) is 3.01. The molecule has 0 amide bonds. The molecule has 0 saturated carbocycles. The van der Waals surface area contributed by atoms with Crippen LogP contribution in [0.1, 0.15) is 30.1 Å². The molecule has 0 radical (unpaired) electrons. The van der Waals surface area contributed by atoms with Crippen molar-refractivity contribution in [2.45, 2.75) is 39.2 Å². The number of aryl methyl sites for hydroxylation is 2. The number of rotatable bonds is 3. The largest absolute Gasteiger partial charge is 0.328 e. The third kappa shape index (κ3) is 2.12. The molecule has 0 spiro atoms. The van der Waals surface area contributed by atoms with E-state index in [1.54, 1.807) is 0 Å². The Kier molecular flexibility index (Phi) is 3.21. The average molecular weight is 205 g/mol. The van der Waals surface area contributed by atoms with Crippen molar-refractivity contribution >= 4 is 0 Å². The van der Waals surface area contributed by atoms with Crippen LogP contribution >= 0.6 is 0 Å². The lowest BCUT2D eigenvalue weighted by molar-refractivity contribution is 0.628. The van der Waals surface area contributed by atoms with E-state index in [0.717, 1.165) is 18.8 Å². The van der Waals surface area contributed by atoms with Gasteiger partial charge in [-0.1, -0.05) is 12.2 Å². The van der Waals surface area contributed by atoms with E-state index in [0.29, 0.717) is 6.54 Å². The number of imidazole rings is 1. The Bertz CT molecular complexity index is 363. The molecule has 0 aliphatic heterocycles. The van der Waals surface area contributed by atoms with E-state index in [4.69, 9.17) is 5.73 Å². The maximum Gasteiger partial charge on any atom is 0.106 e. The molecule has 2 rings (SSSR count). The van der Waals surface area contributed by atoms with Gasteiger partial charge in [0.05, 0.1) is 5.69 Å². The number of nitrogens with zero attached hydrogens (tertiary/aromatic N) is 2. The van der Waals surface area contributed by atoms with E-state index < -0.39 is 0 Å². The van der Waals surface area contributed by atoms with Crippen molar-refractivity contribution in [2.75, 3.05) is 6.54 Å². The lowest BCUT2D eigenvalue weighted by Crippen LogP contribution is -2.08. The first-order valence-electron chi connectivity index (χ1n) is 5.73. The fourth-order valence-corrected chi connectivity index (χ4v) is 2.25. The van der Waals surface area contributed by atoms with Gasteiger partial charge in [-0.25, -0.2) is 4.98 Å². The zero-order chi connectivity index (χ0) is 10.7. The SMILES string of the molecule is Cc1nc2c(n1C/C=C/CN)CCCC2. The summed E-state index contributed by atoms with van der Waals surface area (Å²) in [7, 11) is 0. The molecule has 0 fully saturated rings. The molecule has 82 valence electrons. The summed E-state index contributed by atoms with van der Waals surface area (Å²) in [6.07, 6.45) is 9.08. The van der Waals surface area contributed by atoms with E-state index in [-0.39, 0.29) is 0 Å². The highest BCUT2D eigenvalue weighted by Gasteiger charge is 2.16. The Morgan fingerprint density at radius 2 is 2.13 bits per heavy atom. The van der Waals surface area contributed by atoms with Gasteiger partial charge in [0.25, 0.3) is 0 Å². The molecule has 3 heteroatoms. The predicted octanol–water partition coefficient (Wildman–Crippen LogP) is 1.59. The molecule has 3 nitrogen and oxygen atoms in total. The summed E-state index contributed by atoms with van der Waals surface area (Å²) in [5, 5.41) is 0. The van der Waals surface area contributed by atoms with Crippen LogP contribution in [0, 0.1) is 6.92 Å². The molecule has 0 saturated heterocycles. The third-order valence-corrected chi connectivity index (χ3v) is 3.01. The highest BCUT2D eigenvalue weighted by Crippen LogP contribution is 2.21. The Hall–Kier alpha value is -1.09. The number of hydrogen-bond acceptors (Lipinski definition) is 2. The lowest BCUT2D eigenvalue weighted by atomic mass is 10.0. The summed E-state index contributed by atoms with van der Waals surface area (Å²) in [5.74, 6) is 1.14. The molecule has 1 aliphatic rings. The molecule has 1 aromatic rings. The number of allylic oxidation sites excluding steroid dienone is 1. The molecule has 1 aliphatic carbocycles. The second kappa shape index (κ2) is 4.62. The Labute approximate surface area is 91.0 Å². The molecule has 1 heterocycles. The molecule has 0 bridgehead atoms. The summed E-state index contributed by atoms with van der Waals surface area (Å²) in [4.78, 5) is 4.63. The van der Waals surface area contributed by atoms with E-state index in [1.807, 2.05) is 6.08 Å². The number of nitrogens with two attached hydrogens (primary N) is 1. The van der Waals surface area contributed by atoms with Crippen molar-refractivity contribution in [2.24, 2.45) is 5.73 Å². The van der Waals surface area contributed by atoms with Crippen LogP contribution in [0.15, 0.2) is 12.2 Å². The summed E-state index contributed by atoms with van der Waals surface area (Å²) in [5.41, 5.74) is 8.20. The van der Waals surface area contributed by atoms with Crippen LogP contribution in [0.4, 0.5) is 0 Å². The minimum atomic E-state index is 0.621. The van der Waals surface area contributed by atoms with Gasteiger partial charge in [-0.2, -0.15) is 0 Å². The molecule has 0 unspecified atom stereocenters. The van der Waals surface area contributed by atoms with Gasteiger partial charge in [0.1, 0.15) is 5.82 Å². The number of fused-ring (bicyclic) bond motifs is 1. The van der Waals surface area contributed by atoms with E-state index in [9.17, 15) is 0 Å². The fraction of sp³-hybridized carbons (Fsp3) is 0.583. The number of aromatic nitrogens is 2. The summed E-state index contributed by atoms with van der Waals surface area (Å²) in [6, 6.07) is 0. The fourth-order valence-electron chi connectivity index (χ4n) is 2.25. The summed E-state index contributed by atoms with van der Waals surface area (Å²) in [6.45, 7) is 3.63. The van der Waals surface area contributed by atoms with Crippen molar-refractivity contribution in [3.8, 4) is 0 Å². The lowest BCUT2D eigenvalue weighted by Gasteiger charge is -2.13. The van der Waals surface area contributed by atoms with Gasteiger partial charge < -0.3 is 10.3 Å². The van der Waals surface area contributed by atoms with Gasteiger partial charge in [0, 0.05) is 18.8 Å². The molecule has 2 N–H and O–H groups in total. The normalized spacial score (nSPS) is 15.9. The molecular formula is C12H19N3. The summed E-state index contributed by atoms with van der Waals surface area (Å²) < 4.78 is 2.32. The Morgan fingerprint density at radius 1 is 1.33 bits per heavy atom. The van der Waals surface area contributed by atoms with E-state index in [2.05, 4.69) is 22.6 Å². The van der Waals surface area contributed by atoms with Crippen LogP contribution in [0.5, 0.6) is 0 Å². The molecule has 1 aromatic heterocycles. The van der Waals surface area contributed by atoms with Crippen molar-refractivity contribution in [1.82, 2.24) is 9.55 Å². The van der Waals surface area contributed by atoms with E-state index >= 15 is 0 Å². The molecule has 0 atom stereocenters.